The van der Waals surface area contributed by atoms with E-state index >= 15 is 0 Å². The zero-order valence-corrected chi connectivity index (χ0v) is 10.9. The minimum atomic E-state index is -0.537. The molecule has 0 unspecified atom stereocenters. The molecular formula is C13H19FN2O2. The molecule has 100 valence electrons. The van der Waals surface area contributed by atoms with Crippen LogP contribution in [0, 0.1) is 5.82 Å². The van der Waals surface area contributed by atoms with Gasteiger partial charge in [0, 0.05) is 24.7 Å². The molecule has 0 aliphatic rings. The third-order valence-electron chi connectivity index (χ3n) is 2.38. The molecule has 0 saturated heterocycles. The second-order valence-corrected chi connectivity index (χ2v) is 4.21. The van der Waals surface area contributed by atoms with Crippen LogP contribution in [0.3, 0.4) is 0 Å². The monoisotopic (exact) mass is 254 g/mol. The summed E-state index contributed by atoms with van der Waals surface area (Å²) in [6.45, 7) is 5.24. The van der Waals surface area contributed by atoms with E-state index in [1.165, 1.54) is 25.3 Å². The van der Waals surface area contributed by atoms with Crippen molar-refractivity contribution in [1.82, 2.24) is 10.6 Å². The van der Waals surface area contributed by atoms with Crippen molar-refractivity contribution in [3.05, 3.63) is 29.6 Å². The van der Waals surface area contributed by atoms with Gasteiger partial charge in [0.2, 0.25) is 0 Å². The summed E-state index contributed by atoms with van der Waals surface area (Å²) in [5.74, 6) is -0.694. The average molecular weight is 254 g/mol. The number of carbonyl (C=O) groups is 1. The Hall–Kier alpha value is -1.62. The number of ether oxygens (including phenoxy) is 1. The van der Waals surface area contributed by atoms with Crippen LogP contribution in [0.15, 0.2) is 18.2 Å². The fourth-order valence-corrected chi connectivity index (χ4v) is 1.45. The molecule has 0 bridgehead atoms. The topological polar surface area (TPSA) is 50.4 Å². The smallest absolute Gasteiger partial charge is 0.251 e. The molecule has 0 fully saturated rings. The lowest BCUT2D eigenvalue weighted by Crippen LogP contribution is -2.34. The summed E-state index contributed by atoms with van der Waals surface area (Å²) in [7, 11) is 1.38. The molecule has 1 aromatic carbocycles. The van der Waals surface area contributed by atoms with Crippen LogP contribution in [0.2, 0.25) is 0 Å². The number of carbonyl (C=O) groups excluding carboxylic acids is 1. The maximum atomic E-state index is 13.4. The van der Waals surface area contributed by atoms with Gasteiger partial charge in [-0.1, -0.05) is 13.8 Å². The Morgan fingerprint density at radius 2 is 2.11 bits per heavy atom. The van der Waals surface area contributed by atoms with Crippen molar-refractivity contribution < 1.29 is 13.9 Å². The van der Waals surface area contributed by atoms with E-state index < -0.39 is 5.82 Å². The standard InChI is InChI=1S/C13H19FN2O2/c1-9(2)15-6-7-16-13(17)10-4-5-12(18-3)11(14)8-10/h4-5,8-9,15H,6-7H2,1-3H3,(H,16,17). The van der Waals surface area contributed by atoms with Crippen molar-refractivity contribution >= 4 is 5.91 Å². The van der Waals surface area contributed by atoms with Crippen molar-refractivity contribution in [3.63, 3.8) is 0 Å². The molecule has 0 saturated carbocycles. The van der Waals surface area contributed by atoms with Crippen LogP contribution in [0.25, 0.3) is 0 Å². The average Bonchev–Trinajstić information content (AvgIpc) is 2.34. The maximum absolute atomic E-state index is 13.4. The number of hydrogen-bond donors (Lipinski definition) is 2. The first kappa shape index (κ1) is 14.4. The zero-order chi connectivity index (χ0) is 13.5. The predicted octanol–water partition coefficient (Wildman–Crippen LogP) is 1.56. The highest BCUT2D eigenvalue weighted by Crippen LogP contribution is 2.17. The predicted molar refractivity (Wildman–Crippen MR) is 68.4 cm³/mol. The van der Waals surface area contributed by atoms with Gasteiger partial charge in [0.15, 0.2) is 11.6 Å². The van der Waals surface area contributed by atoms with Crippen LogP contribution >= 0.6 is 0 Å². The van der Waals surface area contributed by atoms with Crippen molar-refractivity contribution in [2.45, 2.75) is 19.9 Å². The first-order valence-corrected chi connectivity index (χ1v) is 5.89. The second-order valence-electron chi connectivity index (χ2n) is 4.21. The van der Waals surface area contributed by atoms with E-state index in [-0.39, 0.29) is 17.2 Å². The molecule has 0 aromatic heterocycles. The molecule has 1 aromatic rings. The fourth-order valence-electron chi connectivity index (χ4n) is 1.45. The fraction of sp³-hybridized carbons (Fsp3) is 0.462. The number of methoxy groups -OCH3 is 1. The van der Waals surface area contributed by atoms with Crippen LogP contribution in [-0.4, -0.2) is 32.1 Å². The molecule has 1 amide bonds. The van der Waals surface area contributed by atoms with Gasteiger partial charge in [-0.05, 0) is 18.2 Å². The summed E-state index contributed by atoms with van der Waals surface area (Å²) in [5.41, 5.74) is 0.290. The number of nitrogens with one attached hydrogen (secondary N) is 2. The normalized spacial score (nSPS) is 10.5. The zero-order valence-electron chi connectivity index (χ0n) is 10.9. The lowest BCUT2D eigenvalue weighted by molar-refractivity contribution is 0.0953. The van der Waals surface area contributed by atoms with Gasteiger partial charge in [-0.2, -0.15) is 0 Å². The number of benzene rings is 1. The van der Waals surface area contributed by atoms with Crippen LogP contribution in [0.5, 0.6) is 5.75 Å². The minimum absolute atomic E-state index is 0.132. The van der Waals surface area contributed by atoms with Crippen molar-refractivity contribution in [3.8, 4) is 5.75 Å². The Bertz CT molecular complexity index is 408. The van der Waals surface area contributed by atoms with E-state index in [1.54, 1.807) is 0 Å². The number of halogens is 1. The molecule has 0 atom stereocenters. The van der Waals surface area contributed by atoms with Crippen LogP contribution in [0.4, 0.5) is 4.39 Å². The number of amides is 1. The lowest BCUT2D eigenvalue weighted by atomic mass is 10.2. The summed E-state index contributed by atoms with van der Waals surface area (Å²) in [5, 5.41) is 5.88. The van der Waals surface area contributed by atoms with E-state index in [2.05, 4.69) is 10.6 Å². The Labute approximate surface area is 107 Å². The molecule has 0 aliphatic carbocycles. The molecule has 5 heteroatoms. The van der Waals surface area contributed by atoms with Crippen LogP contribution in [-0.2, 0) is 0 Å². The highest BCUT2D eigenvalue weighted by molar-refractivity contribution is 5.94. The van der Waals surface area contributed by atoms with E-state index in [0.717, 1.165) is 0 Å². The molecule has 4 nitrogen and oxygen atoms in total. The van der Waals surface area contributed by atoms with E-state index in [1.807, 2.05) is 13.8 Å². The van der Waals surface area contributed by atoms with Gasteiger partial charge < -0.3 is 15.4 Å². The Morgan fingerprint density at radius 3 is 2.67 bits per heavy atom. The quantitative estimate of drug-likeness (QED) is 0.757. The Balaban J connectivity index is 2.49. The summed E-state index contributed by atoms with van der Waals surface area (Å²) < 4.78 is 18.2. The van der Waals surface area contributed by atoms with E-state index in [9.17, 15) is 9.18 Å². The highest BCUT2D eigenvalue weighted by atomic mass is 19.1. The Morgan fingerprint density at radius 1 is 1.39 bits per heavy atom. The van der Waals surface area contributed by atoms with Crippen LogP contribution < -0.4 is 15.4 Å². The molecule has 0 heterocycles. The van der Waals surface area contributed by atoms with Crippen molar-refractivity contribution in [2.24, 2.45) is 0 Å². The van der Waals surface area contributed by atoms with Gasteiger partial charge in [-0.3, -0.25) is 4.79 Å². The Kier molecular flexibility index (Phi) is 5.58. The molecule has 0 spiro atoms. The van der Waals surface area contributed by atoms with Gasteiger partial charge >= 0.3 is 0 Å². The second kappa shape index (κ2) is 6.96. The third kappa shape index (κ3) is 4.33. The van der Waals surface area contributed by atoms with E-state index in [4.69, 9.17) is 4.74 Å². The lowest BCUT2D eigenvalue weighted by Gasteiger charge is -2.09. The van der Waals surface area contributed by atoms with Gasteiger partial charge in [-0.15, -0.1) is 0 Å². The minimum Gasteiger partial charge on any atom is -0.494 e. The molecule has 0 aliphatic heterocycles. The van der Waals surface area contributed by atoms with Gasteiger partial charge in [0.05, 0.1) is 7.11 Å². The van der Waals surface area contributed by atoms with Gasteiger partial charge in [-0.25, -0.2) is 4.39 Å². The van der Waals surface area contributed by atoms with Crippen molar-refractivity contribution in [1.29, 1.82) is 0 Å². The highest BCUT2D eigenvalue weighted by Gasteiger charge is 2.09. The van der Waals surface area contributed by atoms with Crippen LogP contribution in [0.1, 0.15) is 24.2 Å². The SMILES string of the molecule is COc1ccc(C(=O)NCCNC(C)C)cc1F. The van der Waals surface area contributed by atoms with Gasteiger partial charge in [0.25, 0.3) is 5.91 Å². The third-order valence-corrected chi connectivity index (χ3v) is 2.38. The molecule has 2 N–H and O–H groups in total. The van der Waals surface area contributed by atoms with Gasteiger partial charge in [0.1, 0.15) is 0 Å². The number of rotatable bonds is 6. The molecule has 1 rings (SSSR count). The molecule has 0 radical (unpaired) electrons. The summed E-state index contributed by atoms with van der Waals surface area (Å²) in [6.07, 6.45) is 0. The molecule has 18 heavy (non-hydrogen) atoms. The van der Waals surface area contributed by atoms with Crippen molar-refractivity contribution in [2.75, 3.05) is 20.2 Å². The summed E-state index contributed by atoms with van der Waals surface area (Å²) in [6, 6.07) is 4.52. The largest absolute Gasteiger partial charge is 0.494 e. The molecular weight excluding hydrogens is 235 g/mol. The number of hydrogen-bond acceptors (Lipinski definition) is 3. The first-order valence-electron chi connectivity index (χ1n) is 5.89. The van der Waals surface area contributed by atoms with E-state index in [0.29, 0.717) is 19.1 Å². The summed E-state index contributed by atoms with van der Waals surface area (Å²) >= 11 is 0. The summed E-state index contributed by atoms with van der Waals surface area (Å²) in [4.78, 5) is 11.7. The first-order chi connectivity index (χ1) is 8.54. The maximum Gasteiger partial charge on any atom is 0.251 e.